The molecule has 1 fully saturated rings. The van der Waals surface area contributed by atoms with Gasteiger partial charge in [-0.15, -0.1) is 0 Å². The fourth-order valence-electron chi connectivity index (χ4n) is 3.95. The van der Waals surface area contributed by atoms with E-state index >= 15 is 0 Å². The fraction of sp³-hybridized carbons (Fsp3) is 0.192. The summed E-state index contributed by atoms with van der Waals surface area (Å²) in [6, 6.07) is 16.3. The molecule has 2 aromatic carbocycles. The zero-order valence-electron chi connectivity index (χ0n) is 18.7. The van der Waals surface area contributed by atoms with Crippen molar-refractivity contribution in [1.82, 2.24) is 9.88 Å². The average molecular weight is 479 g/mol. The second-order valence-corrected chi connectivity index (χ2v) is 8.01. The van der Waals surface area contributed by atoms with Crippen molar-refractivity contribution in [2.75, 3.05) is 13.7 Å². The molecule has 34 heavy (non-hydrogen) atoms. The molecule has 1 saturated heterocycles. The van der Waals surface area contributed by atoms with Crippen molar-refractivity contribution in [3.05, 3.63) is 94.3 Å². The summed E-state index contributed by atoms with van der Waals surface area (Å²) in [5.74, 6) is -0.885. The van der Waals surface area contributed by atoms with Gasteiger partial charge >= 0.3 is 0 Å². The van der Waals surface area contributed by atoms with Crippen molar-refractivity contribution in [2.24, 2.45) is 0 Å². The number of Topliss-reactive ketones (excluding diaryl/α,β-unsaturated/α-hetero) is 1. The second-order valence-electron chi connectivity index (χ2n) is 7.60. The quantitative estimate of drug-likeness (QED) is 0.299. The predicted octanol–water partition coefficient (Wildman–Crippen LogP) is 4.76. The number of ketones is 1. The molecule has 1 atom stereocenters. The molecule has 3 aromatic rings. The van der Waals surface area contributed by atoms with Gasteiger partial charge in [0.2, 0.25) is 0 Å². The molecular formula is C26H23ClN2O5. The monoisotopic (exact) mass is 478 g/mol. The van der Waals surface area contributed by atoms with Gasteiger partial charge in [-0.25, -0.2) is 0 Å². The minimum atomic E-state index is -0.871. The average Bonchev–Trinajstić information content (AvgIpc) is 3.10. The number of nitrogens with zero attached hydrogens (tertiary/aromatic N) is 2. The van der Waals surface area contributed by atoms with E-state index < -0.39 is 17.7 Å². The highest BCUT2D eigenvalue weighted by Gasteiger charge is 2.46. The van der Waals surface area contributed by atoms with Crippen molar-refractivity contribution in [2.45, 2.75) is 19.5 Å². The number of likely N-dealkylation sites (tertiary alicyclic amines) is 1. The van der Waals surface area contributed by atoms with Gasteiger partial charge in [0.25, 0.3) is 11.7 Å². The number of aromatic nitrogens is 1. The maximum absolute atomic E-state index is 13.2. The Hall–Kier alpha value is -3.84. The first-order valence-electron chi connectivity index (χ1n) is 10.7. The van der Waals surface area contributed by atoms with Crippen LogP contribution in [0, 0.1) is 0 Å². The van der Waals surface area contributed by atoms with E-state index in [9.17, 15) is 14.7 Å². The summed E-state index contributed by atoms with van der Waals surface area (Å²) in [4.78, 5) is 32.1. The minimum absolute atomic E-state index is 0.0651. The van der Waals surface area contributed by atoms with Crippen LogP contribution in [-0.2, 0) is 16.1 Å². The number of aliphatic hydroxyl groups is 1. The minimum Gasteiger partial charge on any atom is -0.507 e. The van der Waals surface area contributed by atoms with Crippen molar-refractivity contribution in [3.63, 3.8) is 0 Å². The van der Waals surface area contributed by atoms with Gasteiger partial charge < -0.3 is 19.5 Å². The number of amides is 1. The Labute approximate surface area is 202 Å². The number of aliphatic hydroxyl groups excluding tert-OH is 1. The van der Waals surface area contributed by atoms with E-state index in [2.05, 4.69) is 4.98 Å². The summed E-state index contributed by atoms with van der Waals surface area (Å²) < 4.78 is 10.9. The number of pyridine rings is 1. The molecule has 7 nitrogen and oxygen atoms in total. The number of carbonyl (C=O) groups is 2. The topological polar surface area (TPSA) is 89.0 Å². The van der Waals surface area contributed by atoms with Gasteiger partial charge in [-0.05, 0) is 55.0 Å². The molecule has 0 bridgehead atoms. The molecule has 0 aliphatic carbocycles. The Bertz CT molecular complexity index is 1260. The lowest BCUT2D eigenvalue weighted by Gasteiger charge is -2.25. The lowest BCUT2D eigenvalue weighted by Crippen LogP contribution is -2.29. The fourth-order valence-corrected chi connectivity index (χ4v) is 4.16. The van der Waals surface area contributed by atoms with Crippen LogP contribution in [0.15, 0.2) is 72.4 Å². The first-order chi connectivity index (χ1) is 16.4. The molecule has 0 radical (unpaired) electrons. The Morgan fingerprint density at radius 3 is 2.62 bits per heavy atom. The number of benzene rings is 2. The number of rotatable bonds is 7. The molecule has 1 aliphatic heterocycles. The van der Waals surface area contributed by atoms with Crippen molar-refractivity contribution >= 4 is 29.1 Å². The molecule has 1 aliphatic rings. The van der Waals surface area contributed by atoms with Crippen LogP contribution in [0.4, 0.5) is 0 Å². The zero-order chi connectivity index (χ0) is 24.2. The molecule has 1 N–H and O–H groups in total. The molecule has 4 rings (SSSR count). The van der Waals surface area contributed by atoms with Crippen LogP contribution in [0.2, 0.25) is 5.02 Å². The Kier molecular flexibility index (Phi) is 6.84. The molecular weight excluding hydrogens is 456 g/mol. The molecule has 1 amide bonds. The van der Waals surface area contributed by atoms with Crippen molar-refractivity contribution < 1.29 is 24.2 Å². The second kappa shape index (κ2) is 9.97. The number of ether oxygens (including phenoxy) is 2. The highest BCUT2D eigenvalue weighted by atomic mass is 35.5. The molecule has 0 spiro atoms. The SMILES string of the molecule is CCOc1ccc(Cl)c(/C(O)=C2\C(=O)C(=O)N(Cc3ccccn3)C2c2cccc(OC)c2)c1. The van der Waals surface area contributed by atoms with Gasteiger partial charge in [0.15, 0.2) is 0 Å². The third kappa shape index (κ3) is 4.47. The smallest absolute Gasteiger partial charge is 0.296 e. The van der Waals surface area contributed by atoms with E-state index in [1.807, 2.05) is 6.92 Å². The Balaban J connectivity index is 1.89. The predicted molar refractivity (Wildman–Crippen MR) is 128 cm³/mol. The Morgan fingerprint density at radius 2 is 1.91 bits per heavy atom. The molecule has 1 aromatic heterocycles. The normalized spacial score (nSPS) is 17.1. The van der Waals surface area contributed by atoms with Gasteiger partial charge in [-0.1, -0.05) is 29.8 Å². The maximum atomic E-state index is 13.2. The van der Waals surface area contributed by atoms with Gasteiger partial charge in [0.05, 0.1) is 42.6 Å². The Morgan fingerprint density at radius 1 is 1.09 bits per heavy atom. The molecule has 0 saturated carbocycles. The van der Waals surface area contributed by atoms with Crippen LogP contribution >= 0.6 is 11.6 Å². The molecule has 174 valence electrons. The lowest BCUT2D eigenvalue weighted by molar-refractivity contribution is -0.140. The van der Waals surface area contributed by atoms with Gasteiger partial charge in [0, 0.05) is 11.8 Å². The number of methoxy groups -OCH3 is 1. The first-order valence-corrected chi connectivity index (χ1v) is 11.1. The summed E-state index contributed by atoms with van der Waals surface area (Å²) in [7, 11) is 1.53. The molecule has 8 heteroatoms. The number of carbonyl (C=O) groups excluding carboxylic acids is 2. The first kappa shape index (κ1) is 23.3. The zero-order valence-corrected chi connectivity index (χ0v) is 19.5. The number of halogens is 1. The number of hydrogen-bond donors (Lipinski definition) is 1. The molecule has 2 heterocycles. The van der Waals surface area contributed by atoms with Crippen LogP contribution in [-0.4, -0.2) is 40.4 Å². The highest BCUT2D eigenvalue weighted by Crippen LogP contribution is 2.42. The van der Waals surface area contributed by atoms with Crippen LogP contribution < -0.4 is 9.47 Å². The van der Waals surface area contributed by atoms with E-state index in [4.69, 9.17) is 21.1 Å². The van der Waals surface area contributed by atoms with Crippen LogP contribution in [0.3, 0.4) is 0 Å². The van der Waals surface area contributed by atoms with Crippen LogP contribution in [0.5, 0.6) is 11.5 Å². The van der Waals surface area contributed by atoms with Crippen molar-refractivity contribution in [1.29, 1.82) is 0 Å². The maximum Gasteiger partial charge on any atom is 0.296 e. The molecule has 1 unspecified atom stereocenters. The summed E-state index contributed by atoms with van der Waals surface area (Å²) >= 11 is 6.37. The van der Waals surface area contributed by atoms with E-state index in [-0.39, 0.29) is 28.5 Å². The summed E-state index contributed by atoms with van der Waals surface area (Å²) in [6.45, 7) is 2.33. The third-order valence-corrected chi connectivity index (χ3v) is 5.84. The lowest BCUT2D eigenvalue weighted by atomic mass is 9.95. The number of hydrogen-bond acceptors (Lipinski definition) is 6. The van der Waals surface area contributed by atoms with Gasteiger partial charge in [0.1, 0.15) is 17.3 Å². The summed E-state index contributed by atoms with van der Waals surface area (Å²) in [5.41, 5.74) is 1.35. The standard InChI is InChI=1S/C26H23ClN2O5/c1-3-34-19-10-11-21(27)20(14-19)24(30)22-23(16-7-6-9-18(13-16)33-2)29(26(32)25(22)31)15-17-8-4-5-12-28-17/h4-14,23,30H,3,15H2,1-2H3/b24-22+. The third-order valence-electron chi connectivity index (χ3n) is 5.51. The van der Waals surface area contributed by atoms with E-state index in [1.54, 1.807) is 66.9 Å². The summed E-state index contributed by atoms with van der Waals surface area (Å²) in [6.07, 6.45) is 1.62. The van der Waals surface area contributed by atoms with E-state index in [0.29, 0.717) is 29.4 Å². The highest BCUT2D eigenvalue weighted by molar-refractivity contribution is 6.47. The van der Waals surface area contributed by atoms with Crippen LogP contribution in [0.25, 0.3) is 5.76 Å². The van der Waals surface area contributed by atoms with Crippen LogP contribution in [0.1, 0.15) is 29.8 Å². The van der Waals surface area contributed by atoms with Gasteiger partial charge in [-0.2, -0.15) is 0 Å². The largest absolute Gasteiger partial charge is 0.507 e. The van der Waals surface area contributed by atoms with Crippen molar-refractivity contribution in [3.8, 4) is 11.5 Å². The van der Waals surface area contributed by atoms with Gasteiger partial charge in [-0.3, -0.25) is 14.6 Å². The van der Waals surface area contributed by atoms with E-state index in [0.717, 1.165) is 0 Å². The summed E-state index contributed by atoms with van der Waals surface area (Å²) in [5, 5.41) is 11.5. The van der Waals surface area contributed by atoms with E-state index in [1.165, 1.54) is 12.0 Å².